The highest BCUT2D eigenvalue weighted by Gasteiger charge is 2.30. The van der Waals surface area contributed by atoms with E-state index < -0.39 is 0 Å². The van der Waals surface area contributed by atoms with Crippen LogP contribution >= 0.6 is 0 Å². The molecule has 5 nitrogen and oxygen atoms in total. The quantitative estimate of drug-likeness (QED) is 0.165. The molecule has 4 unspecified atom stereocenters. The van der Waals surface area contributed by atoms with E-state index >= 15 is 0 Å². The summed E-state index contributed by atoms with van der Waals surface area (Å²) in [6.07, 6.45) is 16.2. The van der Waals surface area contributed by atoms with E-state index in [0.29, 0.717) is 17.9 Å². The summed E-state index contributed by atoms with van der Waals surface area (Å²) in [6.45, 7) is 4.96. The Bertz CT molecular complexity index is 2590. The van der Waals surface area contributed by atoms with Crippen molar-refractivity contribution >= 4 is 17.0 Å². The second-order valence-corrected chi connectivity index (χ2v) is 16.4. The number of ether oxygens (including phenoxy) is 2. The predicted octanol–water partition coefficient (Wildman–Crippen LogP) is 11.7. The van der Waals surface area contributed by atoms with E-state index in [-0.39, 0.29) is 6.10 Å². The van der Waals surface area contributed by atoms with Gasteiger partial charge in [-0.05, 0) is 129 Å². The van der Waals surface area contributed by atoms with Crippen molar-refractivity contribution < 1.29 is 9.47 Å². The van der Waals surface area contributed by atoms with Crippen LogP contribution in [-0.4, -0.2) is 51.7 Å². The molecule has 0 amide bonds. The van der Waals surface area contributed by atoms with Crippen molar-refractivity contribution in [3.8, 4) is 39.1 Å². The first-order valence-electron chi connectivity index (χ1n) is 21.2. The van der Waals surface area contributed by atoms with Gasteiger partial charge in [0.15, 0.2) is 0 Å². The molecule has 0 bridgehead atoms. The lowest BCUT2D eigenvalue weighted by atomic mass is 9.80. The highest BCUT2D eigenvalue weighted by atomic mass is 16.5. The average molecular weight is 774 g/mol. The lowest BCUT2D eigenvalue weighted by Gasteiger charge is -2.31. The molecule has 5 aliphatic rings. The maximum Gasteiger partial charge on any atom is 0.142 e. The smallest absolute Gasteiger partial charge is 0.142 e. The highest BCUT2D eigenvalue weighted by Crippen LogP contribution is 2.43. The van der Waals surface area contributed by atoms with Crippen LogP contribution in [0.4, 0.5) is 5.69 Å². The van der Waals surface area contributed by atoms with Crippen molar-refractivity contribution in [1.29, 1.82) is 0 Å². The SMILES string of the molecule is COc1cccc2c1NCCC2c1ccc(-c2cc(-c3ccc(C4=C5C=CC=C(C)C5NCC4)cc3)cc(-c3ccc(C4CCN=C5C4=CC=CC5OC)cc3)c2)cc1. The van der Waals surface area contributed by atoms with Crippen LogP contribution < -0.4 is 15.4 Å². The third-order valence-electron chi connectivity index (χ3n) is 13.1. The molecule has 5 aromatic rings. The minimum absolute atomic E-state index is 0.0697. The normalized spacial score (nSPS) is 22.0. The number of para-hydroxylation sites is 1. The number of hydrogen-bond acceptors (Lipinski definition) is 5. The van der Waals surface area contributed by atoms with Crippen molar-refractivity contribution in [2.24, 2.45) is 4.99 Å². The number of nitrogens with one attached hydrogen (secondary N) is 2. The van der Waals surface area contributed by atoms with Crippen LogP contribution in [-0.2, 0) is 4.74 Å². The fourth-order valence-corrected chi connectivity index (χ4v) is 10.0. The Hall–Kier alpha value is -6.01. The Kier molecular flexibility index (Phi) is 10.1. The van der Waals surface area contributed by atoms with Crippen LogP contribution in [0.3, 0.4) is 0 Å². The summed E-state index contributed by atoms with van der Waals surface area (Å²) in [5, 5.41) is 7.31. The molecule has 59 heavy (non-hydrogen) atoms. The number of allylic oxidation sites excluding steroid dienone is 4. The van der Waals surface area contributed by atoms with Crippen molar-refractivity contribution in [1.82, 2.24) is 5.32 Å². The third-order valence-corrected chi connectivity index (χ3v) is 13.1. The summed E-state index contributed by atoms with van der Waals surface area (Å²) in [5.41, 5.74) is 20.2. The van der Waals surface area contributed by atoms with Gasteiger partial charge in [0.1, 0.15) is 11.9 Å². The Morgan fingerprint density at radius 3 is 2.00 bits per heavy atom. The number of fused-ring (bicyclic) bond motifs is 3. The molecule has 0 spiro atoms. The Balaban J connectivity index is 1.00. The summed E-state index contributed by atoms with van der Waals surface area (Å²) in [6, 6.07) is 41.6. The van der Waals surface area contributed by atoms with Crippen LogP contribution in [0.25, 0.3) is 39.0 Å². The van der Waals surface area contributed by atoms with Crippen LogP contribution in [0.1, 0.15) is 60.3 Å². The molecular formula is C54H51N3O2. The largest absolute Gasteiger partial charge is 0.495 e. The first-order chi connectivity index (χ1) is 29.1. The van der Waals surface area contributed by atoms with Crippen LogP contribution in [0.5, 0.6) is 5.75 Å². The number of methoxy groups -OCH3 is 2. The second-order valence-electron chi connectivity index (χ2n) is 16.4. The maximum absolute atomic E-state index is 5.76. The van der Waals surface area contributed by atoms with E-state index in [4.69, 9.17) is 14.5 Å². The standard InChI is InChI=1S/C54H51N3O2/c1-34-7-4-8-47-44(25-28-55-52(34)47)38-19-13-35(14-20-38)41-31-42(36-15-21-39(22-16-36)45-26-29-56-53-48(45)9-5-11-50(53)58-2)33-43(32-41)37-17-23-40(24-18-37)46-27-30-57-54-49(46)10-6-12-51(54)59-3/h4-24,31-33,45-46,50,52,55,57H,25-30H2,1-3H3. The fourth-order valence-electron chi connectivity index (χ4n) is 10.0. The fraction of sp³-hybridized carbons (Fsp3) is 0.241. The summed E-state index contributed by atoms with van der Waals surface area (Å²) >= 11 is 0. The van der Waals surface area contributed by atoms with Gasteiger partial charge >= 0.3 is 0 Å². The lowest BCUT2D eigenvalue weighted by Crippen LogP contribution is -2.37. The van der Waals surface area contributed by atoms with Gasteiger partial charge < -0.3 is 20.1 Å². The number of hydrogen-bond donors (Lipinski definition) is 2. The molecule has 294 valence electrons. The molecule has 3 aliphatic heterocycles. The van der Waals surface area contributed by atoms with E-state index in [9.17, 15) is 0 Å². The number of aliphatic imine (C=N–C) groups is 1. The van der Waals surface area contributed by atoms with Gasteiger partial charge in [0, 0.05) is 38.6 Å². The highest BCUT2D eigenvalue weighted by molar-refractivity contribution is 6.07. The van der Waals surface area contributed by atoms with Gasteiger partial charge in [-0.15, -0.1) is 0 Å². The van der Waals surface area contributed by atoms with Gasteiger partial charge in [-0.1, -0.05) is 121 Å². The monoisotopic (exact) mass is 773 g/mol. The van der Waals surface area contributed by atoms with Crippen molar-refractivity contribution in [3.05, 3.63) is 185 Å². The van der Waals surface area contributed by atoms with E-state index in [1.807, 2.05) is 6.07 Å². The van der Waals surface area contributed by atoms with Crippen LogP contribution in [0, 0.1) is 0 Å². The molecule has 3 heterocycles. The first-order valence-corrected chi connectivity index (χ1v) is 21.2. The summed E-state index contributed by atoms with van der Waals surface area (Å²) < 4.78 is 11.5. The molecule has 2 N–H and O–H groups in total. The zero-order chi connectivity index (χ0) is 39.9. The van der Waals surface area contributed by atoms with Crippen molar-refractivity contribution in [3.63, 3.8) is 0 Å². The minimum Gasteiger partial charge on any atom is -0.495 e. The first kappa shape index (κ1) is 37.3. The van der Waals surface area contributed by atoms with Crippen molar-refractivity contribution in [2.75, 3.05) is 39.2 Å². The summed E-state index contributed by atoms with van der Waals surface area (Å²) in [4.78, 5) is 4.88. The van der Waals surface area contributed by atoms with E-state index in [0.717, 1.165) is 56.0 Å². The van der Waals surface area contributed by atoms with Gasteiger partial charge in [0.05, 0.1) is 24.6 Å². The number of benzene rings is 5. The predicted molar refractivity (Wildman–Crippen MR) is 245 cm³/mol. The molecule has 5 heteroatoms. The molecular weight excluding hydrogens is 723 g/mol. The Morgan fingerprint density at radius 2 is 1.32 bits per heavy atom. The van der Waals surface area contributed by atoms with E-state index in [1.54, 1.807) is 14.2 Å². The molecule has 5 aromatic carbocycles. The molecule has 0 aromatic heterocycles. The third kappa shape index (κ3) is 7.03. The van der Waals surface area contributed by atoms with Crippen molar-refractivity contribution in [2.45, 2.75) is 50.2 Å². The molecule has 0 radical (unpaired) electrons. The van der Waals surface area contributed by atoms with Gasteiger partial charge in [-0.2, -0.15) is 0 Å². The topological polar surface area (TPSA) is 54.9 Å². The zero-order valence-electron chi connectivity index (χ0n) is 34.2. The number of rotatable bonds is 8. The van der Waals surface area contributed by atoms with Crippen LogP contribution in [0.15, 0.2) is 167 Å². The maximum atomic E-state index is 5.76. The second kappa shape index (κ2) is 16.0. The molecule has 4 atom stereocenters. The van der Waals surface area contributed by atoms with Crippen LogP contribution in [0.2, 0.25) is 0 Å². The van der Waals surface area contributed by atoms with Gasteiger partial charge in [0.2, 0.25) is 0 Å². The number of anilines is 1. The molecule has 0 fully saturated rings. The molecule has 0 saturated carbocycles. The molecule has 10 rings (SSSR count). The van der Waals surface area contributed by atoms with E-state index in [2.05, 4.69) is 157 Å². The minimum atomic E-state index is -0.0697. The zero-order valence-corrected chi connectivity index (χ0v) is 34.2. The summed E-state index contributed by atoms with van der Waals surface area (Å²) in [5.74, 6) is 1.53. The number of nitrogens with zero attached hydrogens (tertiary/aromatic N) is 1. The Labute approximate surface area is 348 Å². The van der Waals surface area contributed by atoms with Gasteiger partial charge in [0.25, 0.3) is 0 Å². The lowest BCUT2D eigenvalue weighted by molar-refractivity contribution is 0.190. The average Bonchev–Trinajstić information content (AvgIpc) is 3.30. The molecule has 2 aliphatic carbocycles. The van der Waals surface area contributed by atoms with E-state index in [1.165, 1.54) is 77.9 Å². The molecule has 0 saturated heterocycles. The Morgan fingerprint density at radius 1 is 0.661 bits per heavy atom. The van der Waals surface area contributed by atoms with Gasteiger partial charge in [-0.25, -0.2) is 0 Å². The summed E-state index contributed by atoms with van der Waals surface area (Å²) in [7, 11) is 3.52. The van der Waals surface area contributed by atoms with Gasteiger partial charge in [-0.3, -0.25) is 4.99 Å².